The second kappa shape index (κ2) is 7.59. The highest BCUT2D eigenvalue weighted by Crippen LogP contribution is 2.41. The van der Waals surface area contributed by atoms with Crippen LogP contribution >= 0.6 is 23.1 Å². The van der Waals surface area contributed by atoms with Gasteiger partial charge < -0.3 is 5.32 Å². The number of hydrogen-bond donors (Lipinski definition) is 1. The number of carbonyl (C=O) groups excluding carboxylic acids is 1. The Morgan fingerprint density at radius 3 is 2.85 bits per heavy atom. The molecule has 3 heterocycles. The van der Waals surface area contributed by atoms with Crippen LogP contribution in [0.15, 0.2) is 47.2 Å². The van der Waals surface area contributed by atoms with Crippen LogP contribution in [-0.4, -0.2) is 30.9 Å². The number of amides is 1. The maximum absolute atomic E-state index is 12.4. The lowest BCUT2D eigenvalue weighted by Gasteiger charge is -2.13. The van der Waals surface area contributed by atoms with Crippen molar-refractivity contribution in [2.75, 3.05) is 0 Å². The molecule has 0 unspecified atom stereocenters. The lowest BCUT2D eigenvalue weighted by Crippen LogP contribution is -2.30. The number of thioether (sulfide) groups is 1. The molecule has 134 valence electrons. The van der Waals surface area contributed by atoms with Crippen molar-refractivity contribution in [1.29, 1.82) is 0 Å². The second-order valence-corrected chi connectivity index (χ2v) is 8.54. The van der Waals surface area contributed by atoms with Crippen molar-refractivity contribution in [2.45, 2.75) is 42.8 Å². The van der Waals surface area contributed by atoms with Crippen LogP contribution in [0.1, 0.15) is 30.7 Å². The van der Waals surface area contributed by atoms with Gasteiger partial charge in [-0.1, -0.05) is 17.8 Å². The van der Waals surface area contributed by atoms with Crippen LogP contribution < -0.4 is 5.32 Å². The molecule has 1 aliphatic carbocycles. The third-order valence-corrected chi connectivity index (χ3v) is 6.12. The van der Waals surface area contributed by atoms with Crippen molar-refractivity contribution in [3.05, 3.63) is 46.9 Å². The molecule has 1 N–H and O–H groups in total. The number of nitrogens with zero attached hydrogens (tertiary/aromatic N) is 4. The highest BCUT2D eigenvalue weighted by molar-refractivity contribution is 8.00. The summed E-state index contributed by atoms with van der Waals surface area (Å²) < 4.78 is 2.17. The van der Waals surface area contributed by atoms with Gasteiger partial charge >= 0.3 is 0 Å². The Morgan fingerprint density at radius 1 is 1.35 bits per heavy atom. The zero-order valence-electron chi connectivity index (χ0n) is 14.3. The molecule has 3 aromatic rings. The van der Waals surface area contributed by atoms with Gasteiger partial charge in [-0.2, -0.15) is 0 Å². The van der Waals surface area contributed by atoms with Crippen molar-refractivity contribution >= 4 is 29.0 Å². The summed E-state index contributed by atoms with van der Waals surface area (Å²) in [4.78, 5) is 17.6. The van der Waals surface area contributed by atoms with Crippen LogP contribution in [0.4, 0.5) is 0 Å². The maximum atomic E-state index is 12.4. The summed E-state index contributed by atoms with van der Waals surface area (Å²) in [5.74, 6) is 0.864. The van der Waals surface area contributed by atoms with Crippen LogP contribution in [0, 0.1) is 0 Å². The lowest BCUT2D eigenvalue weighted by molar-refractivity contribution is -0.120. The van der Waals surface area contributed by atoms with E-state index in [0.29, 0.717) is 12.6 Å². The standard InChI is InChI=1S/C18H19N5OS2/c1-12(17(24)20-11-15-3-2-10-25-15)26-18-22-21-16(23(18)14-4-5-14)13-6-8-19-9-7-13/h2-3,6-10,12,14H,4-5,11H2,1H3,(H,20,24)/t12-/m1/s1. The van der Waals surface area contributed by atoms with E-state index in [0.717, 1.165) is 34.3 Å². The number of hydrogen-bond acceptors (Lipinski definition) is 6. The van der Waals surface area contributed by atoms with E-state index >= 15 is 0 Å². The predicted octanol–water partition coefficient (Wildman–Crippen LogP) is 3.53. The fraction of sp³-hybridized carbons (Fsp3) is 0.333. The van der Waals surface area contributed by atoms with Gasteiger partial charge in [0.15, 0.2) is 11.0 Å². The molecule has 1 amide bonds. The van der Waals surface area contributed by atoms with Gasteiger partial charge in [0.1, 0.15) is 0 Å². The molecule has 1 atom stereocenters. The van der Waals surface area contributed by atoms with Crippen molar-refractivity contribution < 1.29 is 4.79 Å². The van der Waals surface area contributed by atoms with E-state index in [9.17, 15) is 4.79 Å². The number of nitrogens with one attached hydrogen (secondary N) is 1. The Morgan fingerprint density at radius 2 is 2.15 bits per heavy atom. The lowest BCUT2D eigenvalue weighted by atomic mass is 10.2. The second-order valence-electron chi connectivity index (χ2n) is 6.20. The summed E-state index contributed by atoms with van der Waals surface area (Å²) in [6, 6.07) is 8.32. The normalized spacial score (nSPS) is 15.0. The van der Waals surface area contributed by atoms with Crippen LogP contribution in [0.25, 0.3) is 11.4 Å². The van der Waals surface area contributed by atoms with E-state index in [1.807, 2.05) is 36.6 Å². The van der Waals surface area contributed by atoms with Gasteiger partial charge in [0, 0.05) is 28.9 Å². The fourth-order valence-electron chi connectivity index (χ4n) is 2.66. The number of carbonyl (C=O) groups is 1. The predicted molar refractivity (Wildman–Crippen MR) is 103 cm³/mol. The molecule has 0 spiro atoms. The topological polar surface area (TPSA) is 72.7 Å². The van der Waals surface area contributed by atoms with Gasteiger partial charge in [-0.25, -0.2) is 0 Å². The summed E-state index contributed by atoms with van der Waals surface area (Å²) in [6.07, 6.45) is 5.77. The maximum Gasteiger partial charge on any atom is 0.233 e. The fourth-order valence-corrected chi connectivity index (χ4v) is 4.25. The first kappa shape index (κ1) is 17.2. The molecule has 1 saturated carbocycles. The quantitative estimate of drug-likeness (QED) is 0.630. The SMILES string of the molecule is C[C@@H](Sc1nnc(-c2ccncc2)n1C1CC1)C(=O)NCc1cccs1. The molecular formula is C18H19N5OS2. The molecule has 0 radical (unpaired) electrons. The van der Waals surface area contributed by atoms with E-state index in [4.69, 9.17) is 0 Å². The van der Waals surface area contributed by atoms with Crippen LogP contribution in [0.3, 0.4) is 0 Å². The molecule has 0 bridgehead atoms. The smallest absolute Gasteiger partial charge is 0.233 e. The van der Waals surface area contributed by atoms with E-state index in [1.54, 1.807) is 23.7 Å². The Bertz CT molecular complexity index is 874. The molecule has 0 aromatic carbocycles. The summed E-state index contributed by atoms with van der Waals surface area (Å²) >= 11 is 3.11. The molecule has 8 heteroatoms. The molecule has 4 rings (SSSR count). The summed E-state index contributed by atoms with van der Waals surface area (Å²) in [5.41, 5.74) is 1.00. The number of pyridine rings is 1. The average Bonchev–Trinajstić information content (AvgIpc) is 3.20. The third-order valence-electron chi connectivity index (χ3n) is 4.18. The molecule has 3 aromatic heterocycles. The number of rotatable bonds is 7. The van der Waals surface area contributed by atoms with Gasteiger partial charge in [0.25, 0.3) is 0 Å². The molecule has 1 aliphatic rings. The molecule has 1 fully saturated rings. The summed E-state index contributed by atoms with van der Waals surface area (Å²) in [7, 11) is 0. The monoisotopic (exact) mass is 385 g/mol. The van der Waals surface area contributed by atoms with Gasteiger partial charge in [0.05, 0.1) is 11.8 Å². The minimum absolute atomic E-state index is 0.0132. The summed E-state index contributed by atoms with van der Waals surface area (Å²) in [5, 5.41) is 14.3. The van der Waals surface area contributed by atoms with E-state index in [1.165, 1.54) is 11.8 Å². The largest absolute Gasteiger partial charge is 0.350 e. The number of aromatic nitrogens is 4. The van der Waals surface area contributed by atoms with Gasteiger partial charge in [0.2, 0.25) is 5.91 Å². The minimum atomic E-state index is -0.234. The molecular weight excluding hydrogens is 366 g/mol. The first-order valence-corrected chi connectivity index (χ1v) is 10.3. The van der Waals surface area contributed by atoms with Gasteiger partial charge in [-0.05, 0) is 43.3 Å². The Hall–Kier alpha value is -2.19. The first-order chi connectivity index (χ1) is 12.7. The van der Waals surface area contributed by atoms with Crippen molar-refractivity contribution in [3.8, 4) is 11.4 Å². The molecule has 0 aliphatic heterocycles. The average molecular weight is 386 g/mol. The van der Waals surface area contributed by atoms with Crippen molar-refractivity contribution in [3.63, 3.8) is 0 Å². The van der Waals surface area contributed by atoms with Crippen molar-refractivity contribution in [1.82, 2.24) is 25.1 Å². The molecule has 6 nitrogen and oxygen atoms in total. The third kappa shape index (κ3) is 3.81. The minimum Gasteiger partial charge on any atom is -0.350 e. The van der Waals surface area contributed by atoms with E-state index in [2.05, 4.69) is 25.1 Å². The Balaban J connectivity index is 1.47. The van der Waals surface area contributed by atoms with Crippen molar-refractivity contribution in [2.24, 2.45) is 0 Å². The highest BCUT2D eigenvalue weighted by Gasteiger charge is 2.31. The zero-order valence-corrected chi connectivity index (χ0v) is 16.0. The van der Waals surface area contributed by atoms with Gasteiger partial charge in [-0.3, -0.25) is 14.3 Å². The zero-order chi connectivity index (χ0) is 17.9. The first-order valence-electron chi connectivity index (χ1n) is 8.54. The Labute approximate surface area is 160 Å². The Kier molecular flexibility index (Phi) is 5.03. The summed E-state index contributed by atoms with van der Waals surface area (Å²) in [6.45, 7) is 2.48. The van der Waals surface area contributed by atoms with E-state index < -0.39 is 0 Å². The van der Waals surface area contributed by atoms with Crippen LogP contribution in [0.2, 0.25) is 0 Å². The molecule has 26 heavy (non-hydrogen) atoms. The van der Waals surface area contributed by atoms with Gasteiger partial charge in [-0.15, -0.1) is 21.5 Å². The number of thiophene rings is 1. The molecule has 0 saturated heterocycles. The van der Waals surface area contributed by atoms with E-state index in [-0.39, 0.29) is 11.2 Å². The van der Waals surface area contributed by atoms with Crippen LogP contribution in [-0.2, 0) is 11.3 Å². The van der Waals surface area contributed by atoms with Crippen LogP contribution in [0.5, 0.6) is 0 Å². The highest BCUT2D eigenvalue weighted by atomic mass is 32.2.